The Hall–Kier alpha value is -2.62. The largest absolute Gasteiger partial charge is 0.593 e. The minimum atomic E-state index is -3.76. The van der Waals surface area contributed by atoms with Gasteiger partial charge in [-0.05, 0) is 31.2 Å². The molecule has 0 amide bonds. The van der Waals surface area contributed by atoms with Crippen molar-refractivity contribution in [2.45, 2.75) is 51.5 Å². The fraction of sp³-hybridized carbons (Fsp3) is 0.409. The normalized spacial score (nSPS) is 16.2. The number of nitrogens with zero attached hydrogens (tertiary/aromatic N) is 4. The smallest absolute Gasteiger partial charge is 0.240 e. The number of sulfonamides is 1. The van der Waals surface area contributed by atoms with Crippen molar-refractivity contribution in [3.63, 3.8) is 0 Å². The minimum Gasteiger partial charge on any atom is -0.593 e. The molecule has 1 aliphatic heterocycles. The maximum atomic E-state index is 13.4. The zero-order valence-corrected chi connectivity index (χ0v) is 19.2. The van der Waals surface area contributed by atoms with E-state index < -0.39 is 10.4 Å². The molecular formula is C22H26N4O4S. The predicted octanol–water partition coefficient (Wildman–Crippen LogP) is 3.84. The molecule has 164 valence electrons. The topological polar surface area (TPSA) is 104 Å². The Morgan fingerprint density at radius 1 is 1.19 bits per heavy atom. The lowest BCUT2D eigenvalue weighted by Crippen LogP contribution is -2.41. The highest BCUT2D eigenvalue weighted by Gasteiger charge is 2.39. The highest BCUT2D eigenvalue weighted by atomic mass is 32.3. The fourth-order valence-corrected chi connectivity index (χ4v) is 5.53. The van der Waals surface area contributed by atoms with Crippen molar-refractivity contribution in [2.24, 2.45) is 0 Å². The molecule has 9 heteroatoms. The number of ether oxygens (including phenoxy) is 1. The van der Waals surface area contributed by atoms with Crippen LogP contribution in [0.3, 0.4) is 0 Å². The van der Waals surface area contributed by atoms with Crippen molar-refractivity contribution in [2.75, 3.05) is 13.7 Å². The van der Waals surface area contributed by atoms with Crippen molar-refractivity contribution in [3.8, 4) is 17.0 Å². The van der Waals surface area contributed by atoms with E-state index in [1.54, 1.807) is 21.0 Å². The zero-order chi connectivity index (χ0) is 22.3. The van der Waals surface area contributed by atoms with Gasteiger partial charge in [-0.1, -0.05) is 23.2 Å². The summed E-state index contributed by atoms with van der Waals surface area (Å²) in [7, 11) is -2.14. The number of hydrogen-bond donors (Lipinski definition) is 0. The van der Waals surface area contributed by atoms with Crippen LogP contribution in [0, 0.1) is 13.8 Å². The van der Waals surface area contributed by atoms with Crippen molar-refractivity contribution < 1.29 is 18.0 Å². The first-order valence-corrected chi connectivity index (χ1v) is 11.6. The number of aryl methyl sites for hydroxylation is 2. The van der Waals surface area contributed by atoms with Gasteiger partial charge in [-0.15, -0.1) is 4.31 Å². The SMILES string of the molecule is COc1ccc(-c2nc(C(C)C)nc3c2CN([S+](=O)([O-])c2c(C)noc2C)CC3)cc1. The van der Waals surface area contributed by atoms with Gasteiger partial charge < -0.3 is 13.8 Å². The van der Waals surface area contributed by atoms with E-state index in [0.717, 1.165) is 34.1 Å². The van der Waals surface area contributed by atoms with E-state index in [9.17, 15) is 8.76 Å². The number of benzene rings is 1. The molecule has 1 aromatic carbocycles. The van der Waals surface area contributed by atoms with Gasteiger partial charge in [0.05, 0.1) is 31.6 Å². The van der Waals surface area contributed by atoms with Crippen LogP contribution in [0.2, 0.25) is 0 Å². The van der Waals surface area contributed by atoms with Gasteiger partial charge in [0.15, 0.2) is 16.2 Å². The molecular weight excluding hydrogens is 416 g/mol. The molecule has 0 spiro atoms. The van der Waals surface area contributed by atoms with E-state index in [-0.39, 0.29) is 17.4 Å². The van der Waals surface area contributed by atoms with Crippen LogP contribution in [-0.4, -0.2) is 37.6 Å². The Balaban J connectivity index is 1.79. The van der Waals surface area contributed by atoms with Crippen molar-refractivity contribution in [1.82, 2.24) is 19.4 Å². The Labute approximate surface area is 183 Å². The van der Waals surface area contributed by atoms with E-state index >= 15 is 0 Å². The summed E-state index contributed by atoms with van der Waals surface area (Å²) >= 11 is 0. The van der Waals surface area contributed by atoms with Gasteiger partial charge in [-0.3, -0.25) is 0 Å². The maximum absolute atomic E-state index is 13.4. The van der Waals surface area contributed by atoms with Crippen LogP contribution in [0.4, 0.5) is 0 Å². The highest BCUT2D eigenvalue weighted by Crippen LogP contribution is 2.35. The fourth-order valence-electron chi connectivity index (χ4n) is 3.83. The first-order chi connectivity index (χ1) is 14.7. The van der Waals surface area contributed by atoms with Gasteiger partial charge in [0, 0.05) is 30.4 Å². The lowest BCUT2D eigenvalue weighted by Gasteiger charge is -2.32. The van der Waals surface area contributed by atoms with Gasteiger partial charge in [0.2, 0.25) is 4.90 Å². The molecule has 4 rings (SSSR count). The molecule has 0 radical (unpaired) electrons. The van der Waals surface area contributed by atoms with Crippen LogP contribution in [0.5, 0.6) is 5.75 Å². The quantitative estimate of drug-likeness (QED) is 0.553. The second-order valence-electron chi connectivity index (χ2n) is 7.98. The second kappa shape index (κ2) is 8.14. The third-order valence-corrected chi connectivity index (χ3v) is 7.58. The van der Waals surface area contributed by atoms with E-state index in [1.807, 2.05) is 24.3 Å². The first-order valence-electron chi connectivity index (χ1n) is 10.2. The van der Waals surface area contributed by atoms with Gasteiger partial charge >= 0.3 is 0 Å². The molecule has 0 aliphatic carbocycles. The van der Waals surface area contributed by atoms with E-state index in [0.29, 0.717) is 24.4 Å². The molecule has 0 saturated heterocycles. The zero-order valence-electron chi connectivity index (χ0n) is 18.3. The monoisotopic (exact) mass is 442 g/mol. The second-order valence-corrected chi connectivity index (χ2v) is 9.86. The number of hydrogen-bond acceptors (Lipinski definition) is 7. The Morgan fingerprint density at radius 3 is 2.48 bits per heavy atom. The van der Waals surface area contributed by atoms with E-state index in [2.05, 4.69) is 19.0 Å². The van der Waals surface area contributed by atoms with Crippen LogP contribution < -0.4 is 4.74 Å². The van der Waals surface area contributed by atoms with Crippen LogP contribution in [0.25, 0.3) is 11.3 Å². The summed E-state index contributed by atoms with van der Waals surface area (Å²) in [6.07, 6.45) is 0.517. The molecule has 0 fully saturated rings. The summed E-state index contributed by atoms with van der Waals surface area (Å²) in [5.74, 6) is 1.96. The van der Waals surface area contributed by atoms with Crippen LogP contribution in [0.1, 0.15) is 48.3 Å². The molecule has 2 aromatic heterocycles. The average Bonchev–Trinajstić information content (AvgIpc) is 3.11. The molecule has 3 heterocycles. The first kappa shape index (κ1) is 21.6. The predicted molar refractivity (Wildman–Crippen MR) is 115 cm³/mol. The Morgan fingerprint density at radius 2 is 1.90 bits per heavy atom. The molecule has 0 bridgehead atoms. The molecule has 31 heavy (non-hydrogen) atoms. The summed E-state index contributed by atoms with van der Waals surface area (Å²) in [5.41, 5.74) is 3.75. The molecule has 1 aliphatic rings. The number of rotatable bonds is 5. The number of methoxy groups -OCH3 is 1. The third-order valence-electron chi connectivity index (χ3n) is 5.49. The summed E-state index contributed by atoms with van der Waals surface area (Å²) < 4.78 is 38.6. The highest BCUT2D eigenvalue weighted by molar-refractivity contribution is 7.95. The third kappa shape index (κ3) is 3.88. The van der Waals surface area contributed by atoms with Crippen LogP contribution >= 0.6 is 0 Å². The summed E-state index contributed by atoms with van der Waals surface area (Å²) in [6.45, 7) is 7.90. The van der Waals surface area contributed by atoms with Crippen molar-refractivity contribution in [3.05, 3.63) is 52.8 Å². The summed E-state index contributed by atoms with van der Waals surface area (Å²) in [6, 6.07) is 7.63. The van der Waals surface area contributed by atoms with Crippen LogP contribution in [-0.2, 0) is 27.6 Å². The summed E-state index contributed by atoms with van der Waals surface area (Å²) in [5, 5.41) is 3.82. The van der Waals surface area contributed by atoms with Gasteiger partial charge in [-0.2, -0.15) is 0 Å². The Bertz CT molecular complexity index is 1140. The van der Waals surface area contributed by atoms with Crippen molar-refractivity contribution in [1.29, 1.82) is 0 Å². The number of fused-ring (bicyclic) bond motifs is 1. The average molecular weight is 443 g/mol. The van der Waals surface area contributed by atoms with Gasteiger partial charge in [0.25, 0.3) is 0 Å². The molecule has 3 aromatic rings. The van der Waals surface area contributed by atoms with E-state index in [1.165, 1.54) is 4.31 Å². The molecule has 8 nitrogen and oxygen atoms in total. The molecule has 1 unspecified atom stereocenters. The molecule has 0 saturated carbocycles. The van der Waals surface area contributed by atoms with Gasteiger partial charge in [-0.25, -0.2) is 9.97 Å². The maximum Gasteiger partial charge on any atom is 0.240 e. The molecule has 1 atom stereocenters. The van der Waals surface area contributed by atoms with Crippen LogP contribution in [0.15, 0.2) is 33.7 Å². The lowest BCUT2D eigenvalue weighted by atomic mass is 9.99. The summed E-state index contributed by atoms with van der Waals surface area (Å²) in [4.78, 5) is 9.72. The standard InChI is InChI=1S/C22H26N4O4S/c1-13(2)22-23-19-10-11-26(31(27,28)21-14(3)25-30-15(21)4)12-18(19)20(24-22)16-6-8-17(29-5)9-7-16/h6-9,13H,10-12H2,1-5H3. The molecule has 0 N–H and O–H groups in total. The Kier molecular flexibility index (Phi) is 5.67. The van der Waals surface area contributed by atoms with Gasteiger partial charge in [0.1, 0.15) is 17.3 Å². The minimum absolute atomic E-state index is 0.140. The lowest BCUT2D eigenvalue weighted by molar-refractivity contribution is 0.334. The van der Waals surface area contributed by atoms with Crippen molar-refractivity contribution >= 4 is 10.4 Å². The number of aromatic nitrogens is 3. The van der Waals surface area contributed by atoms with E-state index in [4.69, 9.17) is 19.2 Å².